The summed E-state index contributed by atoms with van der Waals surface area (Å²) in [5, 5.41) is 5.21. The van der Waals surface area contributed by atoms with Crippen LogP contribution in [0.2, 0.25) is 5.02 Å². The number of guanidine groups is 1. The van der Waals surface area contributed by atoms with E-state index >= 15 is 0 Å². The Bertz CT molecular complexity index is 1010. The minimum Gasteiger partial charge on any atom is -0.370 e. The Labute approximate surface area is 182 Å². The summed E-state index contributed by atoms with van der Waals surface area (Å²) in [5.74, 6) is 1.69. The number of halogens is 1. The number of unbranched alkanes of at least 4 members (excludes halogenated alkanes) is 3. The van der Waals surface area contributed by atoms with Gasteiger partial charge in [-0.15, -0.1) is 0 Å². The van der Waals surface area contributed by atoms with Crippen molar-refractivity contribution in [1.82, 2.24) is 9.97 Å². The highest BCUT2D eigenvalue weighted by molar-refractivity contribution is 6.30. The van der Waals surface area contributed by atoms with Crippen LogP contribution in [0.5, 0.6) is 0 Å². The molecule has 0 radical (unpaired) electrons. The van der Waals surface area contributed by atoms with Crippen LogP contribution in [0.4, 0.5) is 5.82 Å². The second-order valence-corrected chi connectivity index (χ2v) is 7.42. The minimum atomic E-state index is 0.160. The van der Waals surface area contributed by atoms with Gasteiger partial charge in [-0.3, -0.25) is 4.99 Å². The second-order valence-electron chi connectivity index (χ2n) is 6.98. The maximum atomic E-state index is 5.95. The topological polar surface area (TPSA) is 102 Å². The lowest BCUT2D eigenvalue weighted by molar-refractivity contribution is 0.661. The number of nitrogens with zero attached hydrogens (tertiary/aromatic N) is 3. The lowest BCUT2D eigenvalue weighted by Gasteiger charge is -2.09. The number of fused-ring (bicyclic) bond motifs is 1. The van der Waals surface area contributed by atoms with Crippen LogP contribution in [-0.2, 0) is 0 Å². The minimum absolute atomic E-state index is 0.160. The fraction of sp³-hybridized carbons (Fsp3) is 0.261. The van der Waals surface area contributed by atoms with Gasteiger partial charge in [-0.05, 0) is 48.7 Å². The summed E-state index contributed by atoms with van der Waals surface area (Å²) in [5.41, 5.74) is 12.6. The molecule has 0 aliphatic heterocycles. The van der Waals surface area contributed by atoms with Gasteiger partial charge in [0, 0.05) is 23.5 Å². The SMILES string of the molecule is NC(N)=NCCCCCCNc1nc(C=Cc2ccc(Cl)cc2)nc2ccccc12. The molecule has 0 saturated heterocycles. The molecule has 0 saturated carbocycles. The molecule has 3 aromatic rings. The molecular weight excluding hydrogens is 396 g/mol. The zero-order valence-corrected chi connectivity index (χ0v) is 17.6. The molecular formula is C23H27ClN6. The zero-order chi connectivity index (χ0) is 21.2. The normalized spacial score (nSPS) is 11.1. The van der Waals surface area contributed by atoms with Gasteiger partial charge in [0.05, 0.1) is 5.52 Å². The Balaban J connectivity index is 1.62. The van der Waals surface area contributed by atoms with E-state index in [4.69, 9.17) is 28.1 Å². The highest BCUT2D eigenvalue weighted by atomic mass is 35.5. The fourth-order valence-corrected chi connectivity index (χ4v) is 3.18. The van der Waals surface area contributed by atoms with E-state index in [2.05, 4.69) is 15.3 Å². The number of para-hydroxylation sites is 1. The third-order valence-electron chi connectivity index (χ3n) is 4.59. The predicted octanol–water partition coefficient (Wildman–Crippen LogP) is 4.70. The van der Waals surface area contributed by atoms with Crippen LogP contribution >= 0.6 is 11.6 Å². The summed E-state index contributed by atoms with van der Waals surface area (Å²) in [6.45, 7) is 1.54. The lowest BCUT2D eigenvalue weighted by atomic mass is 10.2. The van der Waals surface area contributed by atoms with Gasteiger partial charge in [-0.2, -0.15) is 0 Å². The largest absolute Gasteiger partial charge is 0.370 e. The Kier molecular flexibility index (Phi) is 8.03. The van der Waals surface area contributed by atoms with Crippen molar-refractivity contribution in [1.29, 1.82) is 0 Å². The van der Waals surface area contributed by atoms with Crippen LogP contribution in [0.1, 0.15) is 37.1 Å². The molecule has 5 N–H and O–H groups in total. The van der Waals surface area contributed by atoms with E-state index in [1.807, 2.05) is 60.7 Å². The number of aliphatic imine (C=N–C) groups is 1. The number of anilines is 1. The van der Waals surface area contributed by atoms with E-state index in [9.17, 15) is 0 Å². The summed E-state index contributed by atoms with van der Waals surface area (Å²) >= 11 is 5.95. The van der Waals surface area contributed by atoms with E-state index in [-0.39, 0.29) is 5.96 Å². The number of hydrogen-bond acceptors (Lipinski definition) is 4. The first-order valence-electron chi connectivity index (χ1n) is 10.1. The van der Waals surface area contributed by atoms with Crippen LogP contribution < -0.4 is 16.8 Å². The maximum Gasteiger partial charge on any atom is 0.185 e. The molecule has 2 aromatic carbocycles. The van der Waals surface area contributed by atoms with E-state index < -0.39 is 0 Å². The molecule has 6 nitrogen and oxygen atoms in total. The van der Waals surface area contributed by atoms with Crippen LogP contribution in [0.15, 0.2) is 53.5 Å². The molecule has 0 unspecified atom stereocenters. The Morgan fingerprint density at radius 1 is 0.933 bits per heavy atom. The molecule has 1 heterocycles. The van der Waals surface area contributed by atoms with Crippen LogP contribution in [-0.4, -0.2) is 29.0 Å². The molecule has 0 bridgehead atoms. The van der Waals surface area contributed by atoms with Crippen molar-refractivity contribution < 1.29 is 0 Å². The number of hydrogen-bond donors (Lipinski definition) is 3. The molecule has 0 atom stereocenters. The van der Waals surface area contributed by atoms with Gasteiger partial charge in [0.15, 0.2) is 11.8 Å². The molecule has 0 spiro atoms. The summed E-state index contributed by atoms with van der Waals surface area (Å²) in [7, 11) is 0. The van der Waals surface area contributed by atoms with Crippen molar-refractivity contribution in [2.24, 2.45) is 16.5 Å². The Hall–Kier alpha value is -3.12. The van der Waals surface area contributed by atoms with Gasteiger partial charge in [-0.1, -0.05) is 54.8 Å². The standard InChI is InChI=1S/C23H27ClN6/c24-18-12-9-17(10-13-18)11-14-21-29-20-8-4-3-7-19(20)22(30-21)27-15-5-1-2-6-16-28-23(25)26/h3-4,7-14H,1-2,5-6,15-16H2,(H4,25,26,28)(H,27,29,30). The number of nitrogens with two attached hydrogens (primary N) is 2. The Morgan fingerprint density at radius 2 is 1.70 bits per heavy atom. The van der Waals surface area contributed by atoms with Gasteiger partial charge in [-0.25, -0.2) is 9.97 Å². The summed E-state index contributed by atoms with van der Waals surface area (Å²) in [6.07, 6.45) is 8.16. The molecule has 0 amide bonds. The second kappa shape index (κ2) is 11.2. The summed E-state index contributed by atoms with van der Waals surface area (Å²) in [6, 6.07) is 15.7. The van der Waals surface area contributed by atoms with Crippen molar-refractivity contribution >= 4 is 46.4 Å². The van der Waals surface area contributed by atoms with Gasteiger partial charge < -0.3 is 16.8 Å². The molecule has 30 heavy (non-hydrogen) atoms. The third-order valence-corrected chi connectivity index (χ3v) is 4.84. The summed E-state index contributed by atoms with van der Waals surface area (Å²) in [4.78, 5) is 13.4. The molecule has 0 aliphatic carbocycles. The van der Waals surface area contributed by atoms with Crippen molar-refractivity contribution in [2.45, 2.75) is 25.7 Å². The van der Waals surface area contributed by atoms with Crippen LogP contribution in [0.3, 0.4) is 0 Å². The smallest absolute Gasteiger partial charge is 0.185 e. The average molecular weight is 423 g/mol. The molecule has 7 heteroatoms. The first-order chi connectivity index (χ1) is 14.6. The third kappa shape index (κ3) is 6.74. The number of aromatic nitrogens is 2. The molecule has 0 fully saturated rings. The van der Waals surface area contributed by atoms with Crippen LogP contribution in [0, 0.1) is 0 Å². The van der Waals surface area contributed by atoms with Gasteiger partial charge in [0.1, 0.15) is 5.82 Å². The van der Waals surface area contributed by atoms with E-state index in [1.54, 1.807) is 0 Å². The first kappa shape index (κ1) is 21.6. The maximum absolute atomic E-state index is 5.95. The van der Waals surface area contributed by atoms with Crippen LogP contribution in [0.25, 0.3) is 23.1 Å². The highest BCUT2D eigenvalue weighted by Crippen LogP contribution is 2.21. The van der Waals surface area contributed by atoms with Crippen molar-refractivity contribution in [3.8, 4) is 0 Å². The number of nitrogens with one attached hydrogen (secondary N) is 1. The van der Waals surface area contributed by atoms with Gasteiger partial charge in [0.25, 0.3) is 0 Å². The molecule has 3 rings (SSSR count). The van der Waals surface area contributed by atoms with Crippen molar-refractivity contribution in [3.63, 3.8) is 0 Å². The van der Waals surface area contributed by atoms with Crippen molar-refractivity contribution in [2.75, 3.05) is 18.4 Å². The number of benzene rings is 2. The quantitative estimate of drug-likeness (QED) is 0.249. The van der Waals surface area contributed by atoms with Crippen molar-refractivity contribution in [3.05, 3.63) is 64.9 Å². The first-order valence-corrected chi connectivity index (χ1v) is 10.5. The summed E-state index contributed by atoms with van der Waals surface area (Å²) < 4.78 is 0. The fourth-order valence-electron chi connectivity index (χ4n) is 3.05. The lowest BCUT2D eigenvalue weighted by Crippen LogP contribution is -2.22. The molecule has 1 aromatic heterocycles. The monoisotopic (exact) mass is 422 g/mol. The highest BCUT2D eigenvalue weighted by Gasteiger charge is 2.05. The molecule has 0 aliphatic rings. The number of rotatable bonds is 10. The average Bonchev–Trinajstić information content (AvgIpc) is 2.75. The van der Waals surface area contributed by atoms with Gasteiger partial charge in [0.2, 0.25) is 0 Å². The zero-order valence-electron chi connectivity index (χ0n) is 16.9. The van der Waals surface area contributed by atoms with E-state index in [0.29, 0.717) is 12.4 Å². The van der Waals surface area contributed by atoms with E-state index in [1.165, 1.54) is 0 Å². The van der Waals surface area contributed by atoms with Gasteiger partial charge >= 0.3 is 0 Å². The Morgan fingerprint density at radius 3 is 2.50 bits per heavy atom. The molecule has 156 valence electrons. The van der Waals surface area contributed by atoms with E-state index in [0.717, 1.165) is 59.5 Å². The predicted molar refractivity (Wildman–Crippen MR) is 128 cm³/mol.